The van der Waals surface area contributed by atoms with E-state index >= 15 is 0 Å². The van der Waals surface area contributed by atoms with Gasteiger partial charge in [0.25, 0.3) is 0 Å². The summed E-state index contributed by atoms with van der Waals surface area (Å²) in [5.41, 5.74) is 0.0117. The van der Waals surface area contributed by atoms with E-state index in [-0.39, 0.29) is 11.7 Å². The molecule has 0 radical (unpaired) electrons. The normalized spacial score (nSPS) is 23.7. The average Bonchev–Trinajstić information content (AvgIpc) is 2.34. The number of hydrogen-bond donors (Lipinski definition) is 1. The first-order valence-electron chi connectivity index (χ1n) is 6.88. The maximum atomic E-state index is 13.8. The average molecular weight is 332 g/mol. The van der Waals surface area contributed by atoms with Gasteiger partial charge in [0.05, 0.1) is 0 Å². The molecule has 0 heterocycles. The number of benzene rings is 1. The van der Waals surface area contributed by atoms with Crippen LogP contribution in [-0.2, 0) is 0 Å². The molecule has 4 heteroatoms. The Morgan fingerprint density at radius 2 is 1.84 bits per heavy atom. The fraction of sp³-hybridized carbons (Fsp3) is 0.600. The van der Waals surface area contributed by atoms with Crippen LogP contribution in [-0.4, -0.2) is 6.04 Å². The van der Waals surface area contributed by atoms with E-state index in [4.69, 9.17) is 0 Å². The van der Waals surface area contributed by atoms with E-state index in [1.807, 2.05) is 0 Å². The van der Waals surface area contributed by atoms with Crippen molar-refractivity contribution in [2.45, 2.75) is 45.6 Å². The number of anilines is 1. The zero-order chi connectivity index (χ0) is 14.0. The molecule has 0 amide bonds. The SMILES string of the molecule is CC(C)C1CCCC(Nc2c(F)cc(Br)cc2F)C1. The van der Waals surface area contributed by atoms with Crippen molar-refractivity contribution in [1.29, 1.82) is 0 Å². The van der Waals surface area contributed by atoms with Crippen molar-refractivity contribution in [2.75, 3.05) is 5.32 Å². The molecule has 2 unspecified atom stereocenters. The smallest absolute Gasteiger partial charge is 0.150 e. The van der Waals surface area contributed by atoms with E-state index < -0.39 is 11.6 Å². The molecule has 0 aliphatic heterocycles. The van der Waals surface area contributed by atoms with Gasteiger partial charge >= 0.3 is 0 Å². The molecule has 2 rings (SSSR count). The van der Waals surface area contributed by atoms with Crippen molar-refractivity contribution in [3.63, 3.8) is 0 Å². The first kappa shape index (κ1) is 14.8. The molecule has 19 heavy (non-hydrogen) atoms. The number of nitrogens with one attached hydrogen (secondary N) is 1. The summed E-state index contributed by atoms with van der Waals surface area (Å²) in [5, 5.41) is 3.06. The minimum atomic E-state index is -0.529. The lowest BCUT2D eigenvalue weighted by Crippen LogP contribution is -2.30. The van der Waals surface area contributed by atoms with Crippen molar-refractivity contribution in [2.24, 2.45) is 11.8 Å². The van der Waals surface area contributed by atoms with Gasteiger partial charge in [-0.3, -0.25) is 0 Å². The molecule has 106 valence electrons. The summed E-state index contributed by atoms with van der Waals surface area (Å²) in [6.45, 7) is 4.43. The van der Waals surface area contributed by atoms with Crippen LogP contribution in [0.5, 0.6) is 0 Å². The third kappa shape index (κ3) is 3.68. The molecule has 1 N–H and O–H groups in total. The Bertz CT molecular complexity index is 425. The second-order valence-corrected chi connectivity index (χ2v) is 6.67. The maximum absolute atomic E-state index is 13.8. The molecule has 1 nitrogen and oxygen atoms in total. The molecule has 2 atom stereocenters. The molecule has 1 saturated carbocycles. The zero-order valence-corrected chi connectivity index (χ0v) is 12.9. The predicted octanol–water partition coefficient (Wildman–Crippen LogP) is 5.35. The molecule has 0 saturated heterocycles. The van der Waals surface area contributed by atoms with Crippen LogP contribution in [0.25, 0.3) is 0 Å². The fourth-order valence-corrected chi connectivity index (χ4v) is 3.25. The second kappa shape index (κ2) is 6.21. The van der Waals surface area contributed by atoms with E-state index in [0.29, 0.717) is 16.3 Å². The molecular formula is C15H20BrF2N. The second-order valence-electron chi connectivity index (χ2n) is 5.76. The highest BCUT2D eigenvalue weighted by atomic mass is 79.9. The van der Waals surface area contributed by atoms with Gasteiger partial charge in [-0.2, -0.15) is 0 Å². The van der Waals surface area contributed by atoms with Crippen LogP contribution >= 0.6 is 15.9 Å². The molecule has 0 aromatic heterocycles. The molecule has 1 aromatic carbocycles. The Balaban J connectivity index is 2.09. The molecule has 1 aromatic rings. The third-order valence-electron chi connectivity index (χ3n) is 4.01. The summed E-state index contributed by atoms with van der Waals surface area (Å²) in [5.74, 6) is 0.217. The Hall–Kier alpha value is -0.640. The van der Waals surface area contributed by atoms with Gasteiger partial charge in [-0.15, -0.1) is 0 Å². The highest BCUT2D eigenvalue weighted by Gasteiger charge is 2.25. The quantitative estimate of drug-likeness (QED) is 0.786. The van der Waals surface area contributed by atoms with Crippen molar-refractivity contribution in [3.05, 3.63) is 28.2 Å². The van der Waals surface area contributed by atoms with E-state index in [1.165, 1.54) is 18.6 Å². The van der Waals surface area contributed by atoms with Crippen LogP contribution in [0.4, 0.5) is 14.5 Å². The number of halogens is 3. The summed E-state index contributed by atoms with van der Waals surface area (Å²) in [6, 6.07) is 2.77. The van der Waals surface area contributed by atoms with Gasteiger partial charge in [-0.1, -0.05) is 42.6 Å². The first-order chi connectivity index (χ1) is 8.97. The van der Waals surface area contributed by atoms with E-state index in [0.717, 1.165) is 19.3 Å². The lowest BCUT2D eigenvalue weighted by molar-refractivity contribution is 0.263. The Kier molecular flexibility index (Phi) is 4.82. The molecule has 0 spiro atoms. The van der Waals surface area contributed by atoms with Crippen molar-refractivity contribution in [1.82, 2.24) is 0 Å². The van der Waals surface area contributed by atoms with E-state index in [2.05, 4.69) is 35.1 Å². The summed E-state index contributed by atoms with van der Waals surface area (Å²) in [4.78, 5) is 0. The van der Waals surface area contributed by atoms with Crippen LogP contribution < -0.4 is 5.32 Å². The van der Waals surface area contributed by atoms with Crippen LogP contribution in [0, 0.1) is 23.5 Å². The van der Waals surface area contributed by atoms with Gasteiger partial charge < -0.3 is 5.32 Å². The lowest BCUT2D eigenvalue weighted by Gasteiger charge is -2.32. The van der Waals surface area contributed by atoms with Crippen molar-refractivity contribution in [3.8, 4) is 0 Å². The largest absolute Gasteiger partial charge is 0.378 e. The van der Waals surface area contributed by atoms with Gasteiger partial charge in [0.1, 0.15) is 17.3 Å². The summed E-state index contributed by atoms with van der Waals surface area (Å²) in [7, 11) is 0. The number of hydrogen-bond acceptors (Lipinski definition) is 1. The lowest BCUT2D eigenvalue weighted by atomic mass is 9.79. The third-order valence-corrected chi connectivity index (χ3v) is 4.47. The van der Waals surface area contributed by atoms with Crippen LogP contribution in [0.1, 0.15) is 39.5 Å². The minimum Gasteiger partial charge on any atom is -0.378 e. The predicted molar refractivity (Wildman–Crippen MR) is 78.3 cm³/mol. The van der Waals surface area contributed by atoms with Gasteiger partial charge in [-0.25, -0.2) is 8.78 Å². The van der Waals surface area contributed by atoms with E-state index in [9.17, 15) is 8.78 Å². The van der Waals surface area contributed by atoms with Crippen LogP contribution in [0.3, 0.4) is 0 Å². The highest BCUT2D eigenvalue weighted by Crippen LogP contribution is 2.33. The topological polar surface area (TPSA) is 12.0 Å². The molecule has 0 bridgehead atoms. The standard InChI is InChI=1S/C15H20BrF2N/c1-9(2)10-4-3-5-12(6-10)19-15-13(17)7-11(16)8-14(15)18/h7-10,12,19H,3-6H2,1-2H3. The van der Waals surface area contributed by atoms with Gasteiger partial charge in [0.15, 0.2) is 0 Å². The minimum absolute atomic E-state index is 0.0117. The van der Waals surface area contributed by atoms with Crippen LogP contribution in [0.2, 0.25) is 0 Å². The van der Waals surface area contributed by atoms with Gasteiger partial charge in [0.2, 0.25) is 0 Å². The summed E-state index contributed by atoms with van der Waals surface area (Å²) < 4.78 is 28.0. The molecule has 1 aliphatic rings. The number of rotatable bonds is 3. The Morgan fingerprint density at radius 3 is 2.42 bits per heavy atom. The van der Waals surface area contributed by atoms with Crippen LogP contribution in [0.15, 0.2) is 16.6 Å². The summed E-state index contributed by atoms with van der Waals surface area (Å²) in [6.07, 6.45) is 4.33. The molecule has 1 fully saturated rings. The maximum Gasteiger partial charge on any atom is 0.150 e. The first-order valence-corrected chi connectivity index (χ1v) is 7.67. The Labute approximate surface area is 121 Å². The molecular weight excluding hydrogens is 312 g/mol. The zero-order valence-electron chi connectivity index (χ0n) is 11.3. The van der Waals surface area contributed by atoms with Crippen molar-refractivity contribution >= 4 is 21.6 Å². The fourth-order valence-electron chi connectivity index (χ4n) is 2.85. The van der Waals surface area contributed by atoms with E-state index in [1.54, 1.807) is 0 Å². The van der Waals surface area contributed by atoms with Crippen molar-refractivity contribution < 1.29 is 8.78 Å². The van der Waals surface area contributed by atoms with Gasteiger partial charge in [0, 0.05) is 10.5 Å². The molecule has 1 aliphatic carbocycles. The Morgan fingerprint density at radius 1 is 1.21 bits per heavy atom. The highest BCUT2D eigenvalue weighted by molar-refractivity contribution is 9.10. The summed E-state index contributed by atoms with van der Waals surface area (Å²) >= 11 is 3.09. The van der Waals surface area contributed by atoms with Gasteiger partial charge in [-0.05, 0) is 36.8 Å². The monoisotopic (exact) mass is 331 g/mol.